The molecule has 168 valence electrons. The summed E-state index contributed by atoms with van der Waals surface area (Å²) in [5.74, 6) is 2.53. The molecule has 0 fully saturated rings. The Morgan fingerprint density at radius 2 is 1.93 bits per heavy atom. The number of guanidine groups is 1. The van der Waals surface area contributed by atoms with Crippen LogP contribution in [0.3, 0.4) is 0 Å². The molecule has 1 heterocycles. The molecule has 0 saturated carbocycles. The van der Waals surface area contributed by atoms with Crippen LogP contribution in [-0.2, 0) is 17.9 Å². The maximum Gasteiger partial charge on any atom is 0.191 e. The molecule has 2 aromatic rings. The summed E-state index contributed by atoms with van der Waals surface area (Å²) < 4.78 is 16.8. The highest BCUT2D eigenvalue weighted by Crippen LogP contribution is 2.18. The number of nitrogens with zero attached hydrogens (tertiary/aromatic N) is 2. The van der Waals surface area contributed by atoms with Crippen LogP contribution in [0.15, 0.2) is 52.1 Å². The standard InChI is InChI=1S/C22H34N4O3.HI/c1-4-23-22(24-12-8-14-27-18-20-10-7-15-28-20)25-17-19-9-5-6-11-21(19)29-16-13-26(2)3;/h5-7,9-11,15H,4,8,12-14,16-18H2,1-3H3,(H2,23,24,25);1H. The van der Waals surface area contributed by atoms with Gasteiger partial charge in [0, 0.05) is 31.8 Å². The Kier molecular flexibility index (Phi) is 14.0. The van der Waals surface area contributed by atoms with Gasteiger partial charge in [0.2, 0.25) is 0 Å². The van der Waals surface area contributed by atoms with Gasteiger partial charge in [-0.25, -0.2) is 4.99 Å². The highest BCUT2D eigenvalue weighted by Gasteiger charge is 2.04. The Morgan fingerprint density at radius 1 is 1.10 bits per heavy atom. The van der Waals surface area contributed by atoms with E-state index in [1.807, 2.05) is 44.4 Å². The Bertz CT molecular complexity index is 708. The first-order chi connectivity index (χ1) is 14.2. The van der Waals surface area contributed by atoms with Crippen LogP contribution in [0, 0.1) is 0 Å². The molecule has 0 amide bonds. The van der Waals surface area contributed by atoms with Gasteiger partial charge in [0.1, 0.15) is 24.7 Å². The van der Waals surface area contributed by atoms with Crippen LogP contribution < -0.4 is 15.4 Å². The summed E-state index contributed by atoms with van der Waals surface area (Å²) in [4.78, 5) is 6.80. The molecule has 0 aliphatic rings. The molecule has 8 heteroatoms. The molecule has 1 aromatic heterocycles. The van der Waals surface area contributed by atoms with Crippen molar-refractivity contribution in [3.63, 3.8) is 0 Å². The second-order valence-corrected chi connectivity index (χ2v) is 6.87. The van der Waals surface area contributed by atoms with Crippen molar-refractivity contribution in [2.24, 2.45) is 4.99 Å². The molecule has 2 rings (SSSR count). The summed E-state index contributed by atoms with van der Waals surface area (Å²) in [7, 11) is 4.08. The number of ether oxygens (including phenoxy) is 2. The van der Waals surface area contributed by atoms with Crippen molar-refractivity contribution in [1.29, 1.82) is 0 Å². The van der Waals surface area contributed by atoms with Crippen LogP contribution in [0.2, 0.25) is 0 Å². The van der Waals surface area contributed by atoms with Crippen LogP contribution in [0.4, 0.5) is 0 Å². The molecule has 0 spiro atoms. The lowest BCUT2D eigenvalue weighted by atomic mass is 10.2. The number of rotatable bonds is 13. The van der Waals surface area contributed by atoms with Crippen molar-refractivity contribution < 1.29 is 13.9 Å². The zero-order valence-corrected chi connectivity index (χ0v) is 20.6. The molecule has 0 aliphatic carbocycles. The van der Waals surface area contributed by atoms with Crippen molar-refractivity contribution in [1.82, 2.24) is 15.5 Å². The van der Waals surface area contributed by atoms with E-state index in [4.69, 9.17) is 18.9 Å². The lowest BCUT2D eigenvalue weighted by Crippen LogP contribution is -2.38. The van der Waals surface area contributed by atoms with E-state index >= 15 is 0 Å². The van der Waals surface area contributed by atoms with E-state index in [1.54, 1.807) is 6.26 Å². The Labute approximate surface area is 197 Å². The van der Waals surface area contributed by atoms with Crippen molar-refractivity contribution >= 4 is 29.9 Å². The van der Waals surface area contributed by atoms with E-state index in [0.717, 1.165) is 49.1 Å². The number of para-hydroxylation sites is 1. The maximum atomic E-state index is 5.92. The first kappa shape index (κ1) is 26.3. The third-order valence-electron chi connectivity index (χ3n) is 4.10. The lowest BCUT2D eigenvalue weighted by molar-refractivity contribution is 0.105. The number of hydrogen-bond donors (Lipinski definition) is 2. The van der Waals surface area contributed by atoms with Gasteiger partial charge >= 0.3 is 0 Å². The van der Waals surface area contributed by atoms with Gasteiger partial charge in [-0.1, -0.05) is 18.2 Å². The van der Waals surface area contributed by atoms with Gasteiger partial charge in [0.05, 0.1) is 12.8 Å². The number of halogens is 1. The third-order valence-corrected chi connectivity index (χ3v) is 4.10. The number of benzene rings is 1. The number of likely N-dealkylation sites (N-methyl/N-ethyl adjacent to an activating group) is 1. The summed E-state index contributed by atoms with van der Waals surface area (Å²) >= 11 is 0. The summed E-state index contributed by atoms with van der Waals surface area (Å²) in [6.07, 6.45) is 2.54. The van der Waals surface area contributed by atoms with E-state index in [1.165, 1.54) is 0 Å². The average Bonchev–Trinajstić information content (AvgIpc) is 3.22. The minimum atomic E-state index is 0. The fourth-order valence-corrected chi connectivity index (χ4v) is 2.57. The van der Waals surface area contributed by atoms with Gasteiger partial charge < -0.3 is 29.4 Å². The van der Waals surface area contributed by atoms with Gasteiger partial charge in [-0.05, 0) is 45.6 Å². The highest BCUT2D eigenvalue weighted by atomic mass is 127. The Morgan fingerprint density at radius 3 is 2.67 bits per heavy atom. The number of aliphatic imine (C=N–C) groups is 1. The molecule has 30 heavy (non-hydrogen) atoms. The Hall–Kier alpha value is -1.78. The van der Waals surface area contributed by atoms with E-state index in [-0.39, 0.29) is 24.0 Å². The molecule has 0 saturated heterocycles. The molecule has 0 bridgehead atoms. The second-order valence-electron chi connectivity index (χ2n) is 6.87. The fourth-order valence-electron chi connectivity index (χ4n) is 2.57. The maximum absolute atomic E-state index is 5.92. The van der Waals surface area contributed by atoms with Crippen molar-refractivity contribution in [3.8, 4) is 5.75 Å². The SMILES string of the molecule is CCNC(=NCc1ccccc1OCCN(C)C)NCCCOCc1ccco1.I. The topological polar surface area (TPSA) is 71.3 Å². The molecule has 0 aliphatic heterocycles. The normalized spacial score (nSPS) is 11.3. The quantitative estimate of drug-likeness (QED) is 0.179. The molecule has 0 radical (unpaired) electrons. The van der Waals surface area contributed by atoms with Crippen LogP contribution in [0.5, 0.6) is 5.75 Å². The van der Waals surface area contributed by atoms with Gasteiger partial charge in [0.15, 0.2) is 5.96 Å². The monoisotopic (exact) mass is 530 g/mol. The van der Waals surface area contributed by atoms with Gasteiger partial charge in [-0.2, -0.15) is 0 Å². The first-order valence-electron chi connectivity index (χ1n) is 10.2. The van der Waals surface area contributed by atoms with Crippen LogP contribution in [0.25, 0.3) is 0 Å². The van der Waals surface area contributed by atoms with Crippen LogP contribution in [-0.4, -0.2) is 57.8 Å². The van der Waals surface area contributed by atoms with E-state index in [2.05, 4.69) is 28.5 Å². The molecular formula is C22H35IN4O3. The highest BCUT2D eigenvalue weighted by molar-refractivity contribution is 14.0. The molecule has 7 nitrogen and oxygen atoms in total. The van der Waals surface area contributed by atoms with Gasteiger partial charge in [-0.15, -0.1) is 24.0 Å². The predicted octanol–water partition coefficient (Wildman–Crippen LogP) is 3.50. The third kappa shape index (κ3) is 10.8. The van der Waals surface area contributed by atoms with Crippen molar-refractivity contribution in [2.75, 3.05) is 46.9 Å². The smallest absolute Gasteiger partial charge is 0.191 e. The molecule has 0 atom stereocenters. The zero-order chi connectivity index (χ0) is 20.7. The van der Waals surface area contributed by atoms with E-state index < -0.39 is 0 Å². The van der Waals surface area contributed by atoms with Crippen molar-refractivity contribution in [2.45, 2.75) is 26.5 Å². The molecule has 2 N–H and O–H groups in total. The zero-order valence-electron chi connectivity index (χ0n) is 18.2. The van der Waals surface area contributed by atoms with Crippen molar-refractivity contribution in [3.05, 3.63) is 54.0 Å². The number of hydrogen-bond acceptors (Lipinski definition) is 5. The first-order valence-corrected chi connectivity index (χ1v) is 10.2. The summed E-state index contributed by atoms with van der Waals surface area (Å²) in [5.41, 5.74) is 1.07. The minimum Gasteiger partial charge on any atom is -0.492 e. The number of furan rings is 1. The van der Waals surface area contributed by atoms with E-state index in [9.17, 15) is 0 Å². The summed E-state index contributed by atoms with van der Waals surface area (Å²) in [5, 5.41) is 6.63. The van der Waals surface area contributed by atoms with Crippen LogP contribution in [0.1, 0.15) is 24.7 Å². The molecular weight excluding hydrogens is 495 g/mol. The fraction of sp³-hybridized carbons (Fsp3) is 0.500. The lowest BCUT2D eigenvalue weighted by Gasteiger charge is -2.14. The van der Waals surface area contributed by atoms with Crippen LogP contribution >= 0.6 is 24.0 Å². The van der Waals surface area contributed by atoms with Gasteiger partial charge in [-0.3, -0.25) is 0 Å². The summed E-state index contributed by atoms with van der Waals surface area (Å²) in [6.45, 7) is 6.91. The average molecular weight is 530 g/mol. The predicted molar refractivity (Wildman–Crippen MR) is 132 cm³/mol. The summed E-state index contributed by atoms with van der Waals surface area (Å²) in [6, 6.07) is 11.8. The largest absolute Gasteiger partial charge is 0.492 e. The Balaban J connectivity index is 0.00000450. The molecule has 0 unspecified atom stereocenters. The van der Waals surface area contributed by atoms with Gasteiger partial charge in [0.25, 0.3) is 0 Å². The number of nitrogens with one attached hydrogen (secondary N) is 2. The van der Waals surface area contributed by atoms with E-state index in [0.29, 0.717) is 26.4 Å². The second kappa shape index (κ2) is 16.0. The minimum absolute atomic E-state index is 0. The molecule has 1 aromatic carbocycles.